The van der Waals surface area contributed by atoms with Crippen LogP contribution < -0.4 is 10.6 Å². The molecule has 0 radical (unpaired) electrons. The number of carbonyl (C=O) groups is 2. The fourth-order valence-electron chi connectivity index (χ4n) is 3.73. The van der Waals surface area contributed by atoms with E-state index in [1.165, 1.54) is 4.90 Å². The zero-order valence-corrected chi connectivity index (χ0v) is 18.5. The molecule has 32 heavy (non-hydrogen) atoms. The molecular formula is C23H20Cl2N4O3. The summed E-state index contributed by atoms with van der Waals surface area (Å²) >= 11 is 12.1. The van der Waals surface area contributed by atoms with E-state index in [0.717, 1.165) is 27.5 Å². The van der Waals surface area contributed by atoms with Gasteiger partial charge in [0.05, 0.1) is 15.7 Å². The third kappa shape index (κ3) is 4.64. The molecule has 3 amide bonds. The summed E-state index contributed by atoms with van der Waals surface area (Å²) in [6.45, 7) is 1.10. The Hall–Kier alpha value is -3.29. The molecule has 0 saturated heterocycles. The summed E-state index contributed by atoms with van der Waals surface area (Å²) < 4.78 is 0. The lowest BCUT2D eigenvalue weighted by Gasteiger charge is -2.25. The van der Waals surface area contributed by atoms with Gasteiger partial charge in [0, 0.05) is 37.4 Å². The molecule has 2 aromatic carbocycles. The Balaban J connectivity index is 1.54. The lowest BCUT2D eigenvalue weighted by Crippen LogP contribution is -2.34. The number of aromatic nitrogens is 1. The van der Waals surface area contributed by atoms with E-state index >= 15 is 0 Å². The standard InChI is InChI=1S/C23H20Cl2N4O3/c24-19-4-1-5-20(21(19)25)28-22(30)27-11-14-6-7-16(17-8-9-26-12-18(14)17)15-3-2-10-29(13-15)23(31)32/h1,3-9,12H,2,10-11,13H2,(H,31,32)(H2,27,28,30). The van der Waals surface area contributed by atoms with Crippen molar-refractivity contribution in [2.45, 2.75) is 13.0 Å². The normalized spacial score (nSPS) is 13.6. The second kappa shape index (κ2) is 9.46. The first-order chi connectivity index (χ1) is 15.4. The molecule has 3 N–H and O–H groups in total. The fourth-order valence-corrected chi connectivity index (χ4v) is 4.08. The summed E-state index contributed by atoms with van der Waals surface area (Å²) in [5.74, 6) is 0. The summed E-state index contributed by atoms with van der Waals surface area (Å²) in [6.07, 6.45) is 5.28. The van der Waals surface area contributed by atoms with Crippen molar-refractivity contribution in [1.29, 1.82) is 0 Å². The maximum atomic E-state index is 12.4. The van der Waals surface area contributed by atoms with Crippen LogP contribution in [0.1, 0.15) is 17.5 Å². The van der Waals surface area contributed by atoms with E-state index in [9.17, 15) is 14.7 Å². The smallest absolute Gasteiger partial charge is 0.407 e. The van der Waals surface area contributed by atoms with Crippen LogP contribution in [0.15, 0.2) is 54.9 Å². The van der Waals surface area contributed by atoms with Gasteiger partial charge in [-0.2, -0.15) is 0 Å². The molecule has 2 heterocycles. The van der Waals surface area contributed by atoms with Crippen molar-refractivity contribution in [2.24, 2.45) is 0 Å². The Morgan fingerprint density at radius 3 is 2.78 bits per heavy atom. The summed E-state index contributed by atoms with van der Waals surface area (Å²) in [5, 5.41) is 17.3. The molecule has 9 heteroatoms. The minimum absolute atomic E-state index is 0.271. The Labute approximate surface area is 194 Å². The van der Waals surface area contributed by atoms with E-state index in [1.807, 2.05) is 18.2 Å². The Morgan fingerprint density at radius 2 is 1.97 bits per heavy atom. The molecule has 0 unspecified atom stereocenters. The van der Waals surface area contributed by atoms with Crippen LogP contribution in [-0.2, 0) is 6.54 Å². The molecule has 1 aromatic heterocycles. The van der Waals surface area contributed by atoms with Gasteiger partial charge in [0.25, 0.3) is 0 Å². The quantitative estimate of drug-likeness (QED) is 0.460. The molecule has 1 aliphatic rings. The number of hydrogen-bond donors (Lipinski definition) is 3. The molecular weight excluding hydrogens is 451 g/mol. The second-order valence-corrected chi connectivity index (χ2v) is 8.11. The molecule has 1 aliphatic heterocycles. The fraction of sp³-hybridized carbons (Fsp3) is 0.174. The predicted molar refractivity (Wildman–Crippen MR) is 126 cm³/mol. The number of fused-ring (bicyclic) bond motifs is 1. The zero-order chi connectivity index (χ0) is 22.7. The van der Waals surface area contributed by atoms with Crippen LogP contribution in [0.4, 0.5) is 15.3 Å². The first-order valence-corrected chi connectivity index (χ1v) is 10.7. The highest BCUT2D eigenvalue weighted by atomic mass is 35.5. The van der Waals surface area contributed by atoms with Crippen LogP contribution in [0.3, 0.4) is 0 Å². The highest BCUT2D eigenvalue weighted by Crippen LogP contribution is 2.31. The number of rotatable bonds is 4. The maximum Gasteiger partial charge on any atom is 0.407 e. The number of hydrogen-bond acceptors (Lipinski definition) is 3. The van der Waals surface area contributed by atoms with E-state index in [0.29, 0.717) is 30.2 Å². The highest BCUT2D eigenvalue weighted by molar-refractivity contribution is 6.43. The number of carboxylic acid groups (broad SMARTS) is 1. The molecule has 0 fully saturated rings. The van der Waals surface area contributed by atoms with Crippen molar-refractivity contribution in [3.63, 3.8) is 0 Å². The highest BCUT2D eigenvalue weighted by Gasteiger charge is 2.20. The summed E-state index contributed by atoms with van der Waals surface area (Å²) in [7, 11) is 0. The van der Waals surface area contributed by atoms with Crippen molar-refractivity contribution in [3.8, 4) is 0 Å². The van der Waals surface area contributed by atoms with Crippen molar-refractivity contribution >= 4 is 57.4 Å². The number of anilines is 1. The minimum Gasteiger partial charge on any atom is -0.465 e. The largest absolute Gasteiger partial charge is 0.465 e. The molecule has 7 nitrogen and oxygen atoms in total. The molecule has 0 atom stereocenters. The van der Waals surface area contributed by atoms with Gasteiger partial charge in [-0.25, -0.2) is 9.59 Å². The number of carbonyl (C=O) groups excluding carboxylic acids is 1. The van der Waals surface area contributed by atoms with E-state index in [4.69, 9.17) is 23.2 Å². The van der Waals surface area contributed by atoms with E-state index < -0.39 is 12.1 Å². The number of nitrogens with zero attached hydrogens (tertiary/aromatic N) is 2. The van der Waals surface area contributed by atoms with Crippen molar-refractivity contribution in [1.82, 2.24) is 15.2 Å². The summed E-state index contributed by atoms with van der Waals surface area (Å²) in [6, 6.07) is 10.4. The van der Waals surface area contributed by atoms with Gasteiger partial charge in [-0.15, -0.1) is 0 Å². The number of urea groups is 1. The zero-order valence-electron chi connectivity index (χ0n) is 16.9. The molecule has 0 aliphatic carbocycles. The van der Waals surface area contributed by atoms with Gasteiger partial charge in [0.1, 0.15) is 0 Å². The summed E-state index contributed by atoms with van der Waals surface area (Å²) in [4.78, 5) is 29.4. The van der Waals surface area contributed by atoms with Crippen LogP contribution in [0.25, 0.3) is 16.3 Å². The van der Waals surface area contributed by atoms with E-state index in [-0.39, 0.29) is 11.6 Å². The molecule has 0 saturated carbocycles. The number of benzene rings is 2. The maximum absolute atomic E-state index is 12.4. The van der Waals surface area contributed by atoms with Gasteiger partial charge in [0.2, 0.25) is 0 Å². The van der Waals surface area contributed by atoms with Crippen LogP contribution in [0.2, 0.25) is 10.0 Å². The molecule has 4 rings (SSSR count). The Morgan fingerprint density at radius 1 is 1.12 bits per heavy atom. The average molecular weight is 471 g/mol. The monoisotopic (exact) mass is 470 g/mol. The molecule has 0 spiro atoms. The first kappa shape index (κ1) is 21.9. The predicted octanol–water partition coefficient (Wildman–Crippen LogP) is 5.63. The van der Waals surface area contributed by atoms with E-state index in [2.05, 4.69) is 21.7 Å². The topological polar surface area (TPSA) is 94.6 Å². The second-order valence-electron chi connectivity index (χ2n) is 7.32. The first-order valence-electron chi connectivity index (χ1n) is 9.96. The molecule has 164 valence electrons. The number of pyridine rings is 1. The van der Waals surface area contributed by atoms with Crippen molar-refractivity contribution in [3.05, 3.63) is 76.0 Å². The lowest BCUT2D eigenvalue weighted by atomic mass is 9.94. The molecule has 0 bridgehead atoms. The summed E-state index contributed by atoms with van der Waals surface area (Å²) in [5.41, 5.74) is 3.23. The lowest BCUT2D eigenvalue weighted by molar-refractivity contribution is 0.150. The van der Waals surface area contributed by atoms with Crippen LogP contribution in [0.5, 0.6) is 0 Å². The van der Waals surface area contributed by atoms with Crippen molar-refractivity contribution in [2.75, 3.05) is 18.4 Å². The molecule has 3 aromatic rings. The number of halogens is 2. The number of amides is 3. The van der Waals surface area contributed by atoms with Crippen LogP contribution in [0, 0.1) is 0 Å². The van der Waals surface area contributed by atoms with Gasteiger partial charge < -0.3 is 20.6 Å². The average Bonchev–Trinajstić information content (AvgIpc) is 2.80. The third-order valence-corrected chi connectivity index (χ3v) is 6.13. The Kier molecular flexibility index (Phi) is 6.48. The van der Waals surface area contributed by atoms with Gasteiger partial charge in [0.15, 0.2) is 0 Å². The third-order valence-electron chi connectivity index (χ3n) is 5.32. The van der Waals surface area contributed by atoms with Gasteiger partial charge in [-0.05, 0) is 46.7 Å². The van der Waals surface area contributed by atoms with Crippen molar-refractivity contribution < 1.29 is 14.7 Å². The van der Waals surface area contributed by atoms with E-state index in [1.54, 1.807) is 30.6 Å². The van der Waals surface area contributed by atoms with Crippen LogP contribution >= 0.6 is 23.2 Å². The van der Waals surface area contributed by atoms with Gasteiger partial charge in [-0.1, -0.05) is 47.5 Å². The number of nitrogens with one attached hydrogen (secondary N) is 2. The van der Waals surface area contributed by atoms with Crippen LogP contribution in [-0.4, -0.2) is 40.2 Å². The van der Waals surface area contributed by atoms with Gasteiger partial charge in [-0.3, -0.25) is 4.98 Å². The Bertz CT molecular complexity index is 1230. The minimum atomic E-state index is -0.923. The SMILES string of the molecule is O=C(NCc1ccc(C2=CCCN(C(=O)O)C2)c2ccncc12)Nc1cccc(Cl)c1Cl. The van der Waals surface area contributed by atoms with Gasteiger partial charge >= 0.3 is 12.1 Å².